The summed E-state index contributed by atoms with van der Waals surface area (Å²) >= 11 is 0. The minimum atomic E-state index is -0.145. The molecule has 1 amide bonds. The number of nitrogens with zero attached hydrogens (tertiary/aromatic N) is 1. The van der Waals surface area contributed by atoms with Gasteiger partial charge in [-0.25, -0.2) is 4.98 Å². The predicted octanol–water partition coefficient (Wildman–Crippen LogP) is 1.31. The molecule has 4 nitrogen and oxygen atoms in total. The van der Waals surface area contributed by atoms with Gasteiger partial charge in [-0.2, -0.15) is 0 Å². The van der Waals surface area contributed by atoms with Crippen molar-refractivity contribution in [1.82, 2.24) is 10.3 Å². The molecule has 0 bridgehead atoms. The highest BCUT2D eigenvalue weighted by molar-refractivity contribution is 5.94. The summed E-state index contributed by atoms with van der Waals surface area (Å²) in [6.45, 7) is 1.01. The summed E-state index contributed by atoms with van der Waals surface area (Å²) in [6.07, 6.45) is 6.58. The van der Waals surface area contributed by atoms with Crippen LogP contribution in [-0.2, 0) is 0 Å². The molecule has 0 radical (unpaired) electrons. The van der Waals surface area contributed by atoms with Crippen LogP contribution in [0.5, 0.6) is 0 Å². The SMILES string of the molecule is NCC#Cc1cccnc1C(=O)NCC1CCCC1. The van der Waals surface area contributed by atoms with Crippen molar-refractivity contribution < 1.29 is 4.79 Å². The van der Waals surface area contributed by atoms with Crippen LogP contribution in [0.4, 0.5) is 0 Å². The number of nitrogens with two attached hydrogens (primary N) is 1. The van der Waals surface area contributed by atoms with E-state index >= 15 is 0 Å². The first-order chi connectivity index (χ1) is 9.31. The second-order valence-corrected chi connectivity index (χ2v) is 4.77. The standard InChI is InChI=1S/C15H19N3O/c16-9-3-7-13-8-4-10-17-14(13)15(19)18-11-12-5-1-2-6-12/h4,8,10,12H,1-2,5-6,9,11,16H2,(H,18,19). The topological polar surface area (TPSA) is 68.0 Å². The fourth-order valence-corrected chi connectivity index (χ4v) is 2.37. The minimum absolute atomic E-state index is 0.145. The van der Waals surface area contributed by atoms with E-state index in [2.05, 4.69) is 22.1 Å². The van der Waals surface area contributed by atoms with Gasteiger partial charge in [-0.15, -0.1) is 0 Å². The second-order valence-electron chi connectivity index (χ2n) is 4.77. The second kappa shape index (κ2) is 6.91. The molecule has 1 aromatic rings. The summed E-state index contributed by atoms with van der Waals surface area (Å²) in [4.78, 5) is 16.2. The largest absolute Gasteiger partial charge is 0.350 e. The van der Waals surface area contributed by atoms with E-state index in [0.29, 0.717) is 17.2 Å². The Bertz CT molecular complexity index is 496. The molecule has 0 atom stereocenters. The van der Waals surface area contributed by atoms with Crippen LogP contribution in [0.3, 0.4) is 0 Å². The maximum atomic E-state index is 12.1. The average molecular weight is 257 g/mol. The Morgan fingerprint density at radius 1 is 1.47 bits per heavy atom. The molecule has 1 aromatic heterocycles. The van der Waals surface area contributed by atoms with Crippen LogP contribution < -0.4 is 11.1 Å². The van der Waals surface area contributed by atoms with Gasteiger partial charge >= 0.3 is 0 Å². The molecule has 4 heteroatoms. The van der Waals surface area contributed by atoms with Crippen molar-refractivity contribution in [3.05, 3.63) is 29.6 Å². The number of hydrogen-bond acceptors (Lipinski definition) is 3. The highest BCUT2D eigenvalue weighted by Crippen LogP contribution is 2.23. The smallest absolute Gasteiger partial charge is 0.271 e. The van der Waals surface area contributed by atoms with Crippen LogP contribution in [-0.4, -0.2) is 24.0 Å². The van der Waals surface area contributed by atoms with E-state index in [1.165, 1.54) is 25.7 Å². The number of amides is 1. The van der Waals surface area contributed by atoms with Crippen LogP contribution in [0.15, 0.2) is 18.3 Å². The maximum Gasteiger partial charge on any atom is 0.271 e. The number of aromatic nitrogens is 1. The number of rotatable bonds is 3. The summed E-state index contributed by atoms with van der Waals surface area (Å²) in [5.41, 5.74) is 6.38. The molecule has 1 aliphatic carbocycles. The summed E-state index contributed by atoms with van der Waals surface area (Å²) in [5, 5.41) is 2.96. The molecular formula is C15H19N3O. The van der Waals surface area contributed by atoms with Gasteiger partial charge in [0.1, 0.15) is 5.69 Å². The average Bonchev–Trinajstić information content (AvgIpc) is 2.96. The van der Waals surface area contributed by atoms with Crippen molar-refractivity contribution >= 4 is 5.91 Å². The van der Waals surface area contributed by atoms with Crippen LogP contribution in [0.1, 0.15) is 41.7 Å². The number of carbonyl (C=O) groups excluding carboxylic acids is 1. The number of hydrogen-bond donors (Lipinski definition) is 2. The third-order valence-corrected chi connectivity index (χ3v) is 3.37. The normalized spacial score (nSPS) is 14.8. The number of nitrogens with one attached hydrogen (secondary N) is 1. The minimum Gasteiger partial charge on any atom is -0.350 e. The van der Waals surface area contributed by atoms with Crippen molar-refractivity contribution in [2.24, 2.45) is 11.7 Å². The number of pyridine rings is 1. The lowest BCUT2D eigenvalue weighted by Crippen LogP contribution is -2.29. The van der Waals surface area contributed by atoms with E-state index in [9.17, 15) is 4.79 Å². The quantitative estimate of drug-likeness (QED) is 0.802. The molecule has 3 N–H and O–H groups in total. The lowest BCUT2D eigenvalue weighted by molar-refractivity contribution is 0.0942. The molecular weight excluding hydrogens is 238 g/mol. The molecule has 0 aromatic carbocycles. The Morgan fingerprint density at radius 3 is 3.00 bits per heavy atom. The van der Waals surface area contributed by atoms with Crippen molar-refractivity contribution in [3.63, 3.8) is 0 Å². The summed E-state index contributed by atoms with van der Waals surface area (Å²) in [5.74, 6) is 6.11. The third-order valence-electron chi connectivity index (χ3n) is 3.37. The Labute approximate surface area is 113 Å². The molecule has 0 saturated heterocycles. The molecule has 19 heavy (non-hydrogen) atoms. The zero-order valence-electron chi connectivity index (χ0n) is 11.0. The highest BCUT2D eigenvalue weighted by Gasteiger charge is 2.17. The summed E-state index contributed by atoms with van der Waals surface area (Å²) in [6, 6.07) is 3.56. The lowest BCUT2D eigenvalue weighted by Gasteiger charge is -2.10. The van der Waals surface area contributed by atoms with Crippen LogP contribution in [0, 0.1) is 17.8 Å². The Kier molecular flexibility index (Phi) is 4.93. The van der Waals surface area contributed by atoms with Crippen LogP contribution in [0.25, 0.3) is 0 Å². The molecule has 1 aliphatic rings. The van der Waals surface area contributed by atoms with Crippen molar-refractivity contribution in [2.75, 3.05) is 13.1 Å². The Hall–Kier alpha value is -1.86. The van der Waals surface area contributed by atoms with E-state index in [1.807, 2.05) is 0 Å². The molecule has 1 saturated carbocycles. The molecule has 1 heterocycles. The predicted molar refractivity (Wildman–Crippen MR) is 74.5 cm³/mol. The fourth-order valence-electron chi connectivity index (χ4n) is 2.37. The zero-order chi connectivity index (χ0) is 13.5. The maximum absolute atomic E-state index is 12.1. The van der Waals surface area contributed by atoms with E-state index in [1.54, 1.807) is 18.3 Å². The van der Waals surface area contributed by atoms with E-state index < -0.39 is 0 Å². The van der Waals surface area contributed by atoms with Gasteiger partial charge in [0.25, 0.3) is 5.91 Å². The fraction of sp³-hybridized carbons (Fsp3) is 0.467. The van der Waals surface area contributed by atoms with Gasteiger partial charge in [0.15, 0.2) is 0 Å². The van der Waals surface area contributed by atoms with Gasteiger partial charge in [-0.3, -0.25) is 4.79 Å². The first kappa shape index (κ1) is 13.6. The zero-order valence-corrected chi connectivity index (χ0v) is 11.0. The molecule has 0 spiro atoms. The van der Waals surface area contributed by atoms with Crippen molar-refractivity contribution in [2.45, 2.75) is 25.7 Å². The number of carbonyl (C=O) groups is 1. The highest BCUT2D eigenvalue weighted by atomic mass is 16.1. The summed E-state index contributed by atoms with van der Waals surface area (Å²) < 4.78 is 0. The third kappa shape index (κ3) is 3.80. The van der Waals surface area contributed by atoms with Gasteiger partial charge in [0.2, 0.25) is 0 Å². The summed E-state index contributed by atoms with van der Waals surface area (Å²) in [7, 11) is 0. The van der Waals surface area contributed by atoms with Gasteiger partial charge in [-0.1, -0.05) is 24.7 Å². The molecule has 1 fully saturated rings. The molecule has 0 aliphatic heterocycles. The van der Waals surface area contributed by atoms with E-state index in [-0.39, 0.29) is 12.5 Å². The monoisotopic (exact) mass is 257 g/mol. The Balaban J connectivity index is 2.01. The van der Waals surface area contributed by atoms with Gasteiger partial charge in [0.05, 0.1) is 12.1 Å². The Morgan fingerprint density at radius 2 is 2.26 bits per heavy atom. The van der Waals surface area contributed by atoms with Crippen molar-refractivity contribution in [1.29, 1.82) is 0 Å². The van der Waals surface area contributed by atoms with E-state index in [0.717, 1.165) is 6.54 Å². The lowest BCUT2D eigenvalue weighted by atomic mass is 10.1. The first-order valence-electron chi connectivity index (χ1n) is 6.73. The molecule has 0 unspecified atom stereocenters. The van der Waals surface area contributed by atoms with Crippen LogP contribution in [0.2, 0.25) is 0 Å². The van der Waals surface area contributed by atoms with Gasteiger partial charge in [0, 0.05) is 12.7 Å². The molecule has 100 valence electrons. The molecule has 2 rings (SSSR count). The van der Waals surface area contributed by atoms with Crippen molar-refractivity contribution in [3.8, 4) is 11.8 Å². The van der Waals surface area contributed by atoms with Crippen LogP contribution >= 0.6 is 0 Å². The van der Waals surface area contributed by atoms with Gasteiger partial charge in [-0.05, 0) is 30.9 Å². The first-order valence-corrected chi connectivity index (χ1v) is 6.73. The van der Waals surface area contributed by atoms with Gasteiger partial charge < -0.3 is 11.1 Å². The van der Waals surface area contributed by atoms with E-state index in [4.69, 9.17) is 5.73 Å².